The molecule has 1 atom stereocenters. The lowest BCUT2D eigenvalue weighted by Crippen LogP contribution is -2.33. The zero-order chi connectivity index (χ0) is 20.0. The molecule has 0 radical (unpaired) electrons. The number of aryl methyl sites for hydroxylation is 1. The van der Waals surface area contributed by atoms with Crippen LogP contribution < -0.4 is 9.62 Å². The van der Waals surface area contributed by atoms with Gasteiger partial charge in [-0.15, -0.1) is 0 Å². The molecule has 0 saturated carbocycles. The number of anilines is 1. The van der Waals surface area contributed by atoms with Crippen molar-refractivity contribution in [3.05, 3.63) is 64.7 Å². The van der Waals surface area contributed by atoms with Gasteiger partial charge in [0.15, 0.2) is 0 Å². The van der Waals surface area contributed by atoms with Crippen LogP contribution >= 0.6 is 11.6 Å². The summed E-state index contributed by atoms with van der Waals surface area (Å²) in [5.74, 6) is -0.109. The first-order valence-corrected chi connectivity index (χ1v) is 11.0. The predicted molar refractivity (Wildman–Crippen MR) is 111 cm³/mol. The second kappa shape index (κ2) is 9.24. The molecule has 0 aliphatic carbocycles. The van der Waals surface area contributed by atoms with Gasteiger partial charge in [0.05, 0.1) is 18.0 Å². The Balaban J connectivity index is 1.98. The number of carbonyl (C=O) groups is 1. The molecule has 27 heavy (non-hydrogen) atoms. The van der Waals surface area contributed by atoms with Crippen molar-refractivity contribution in [2.45, 2.75) is 32.7 Å². The summed E-state index contributed by atoms with van der Waals surface area (Å²) in [5.41, 5.74) is 2.38. The van der Waals surface area contributed by atoms with E-state index in [1.54, 1.807) is 18.2 Å². The summed E-state index contributed by atoms with van der Waals surface area (Å²) in [4.78, 5) is 12.2. The summed E-state index contributed by atoms with van der Waals surface area (Å²) in [5, 5.41) is 3.41. The average molecular weight is 409 g/mol. The van der Waals surface area contributed by atoms with Crippen molar-refractivity contribution in [1.29, 1.82) is 0 Å². The number of carbonyl (C=O) groups excluding carboxylic acids is 1. The molecular formula is C20H25ClN2O3S. The third kappa shape index (κ3) is 6.26. The molecule has 0 aliphatic rings. The van der Waals surface area contributed by atoms with Gasteiger partial charge in [0, 0.05) is 18.0 Å². The van der Waals surface area contributed by atoms with E-state index in [0.29, 0.717) is 17.1 Å². The summed E-state index contributed by atoms with van der Waals surface area (Å²) < 4.78 is 25.7. The van der Waals surface area contributed by atoms with E-state index in [-0.39, 0.29) is 24.9 Å². The Morgan fingerprint density at radius 3 is 2.48 bits per heavy atom. The molecule has 2 aromatic carbocycles. The lowest BCUT2D eigenvalue weighted by Gasteiger charge is -2.24. The van der Waals surface area contributed by atoms with Crippen LogP contribution in [-0.4, -0.2) is 27.1 Å². The summed E-state index contributed by atoms with van der Waals surface area (Å²) in [6.45, 7) is 3.97. The molecule has 0 bridgehead atoms. The topological polar surface area (TPSA) is 66.5 Å². The van der Waals surface area contributed by atoms with E-state index in [0.717, 1.165) is 17.4 Å². The summed E-state index contributed by atoms with van der Waals surface area (Å²) in [7, 11) is -3.48. The largest absolute Gasteiger partial charge is 0.350 e. The van der Waals surface area contributed by atoms with Crippen LogP contribution in [0.3, 0.4) is 0 Å². The van der Waals surface area contributed by atoms with Crippen LogP contribution in [0.4, 0.5) is 5.69 Å². The van der Waals surface area contributed by atoms with Crippen LogP contribution in [0.1, 0.15) is 36.9 Å². The summed E-state index contributed by atoms with van der Waals surface area (Å²) in [6.07, 6.45) is 1.81. The second-order valence-corrected chi connectivity index (χ2v) is 8.91. The first-order chi connectivity index (χ1) is 12.7. The normalized spacial score (nSPS) is 12.4. The summed E-state index contributed by atoms with van der Waals surface area (Å²) >= 11 is 6.03. The molecule has 0 spiro atoms. The first kappa shape index (κ1) is 21.3. The van der Waals surface area contributed by atoms with E-state index in [4.69, 9.17) is 11.6 Å². The molecular weight excluding hydrogens is 384 g/mol. The number of sulfonamides is 1. The quantitative estimate of drug-likeness (QED) is 0.715. The van der Waals surface area contributed by atoms with Crippen molar-refractivity contribution >= 4 is 33.2 Å². The smallest absolute Gasteiger partial charge is 0.232 e. The Morgan fingerprint density at radius 1 is 1.19 bits per heavy atom. The van der Waals surface area contributed by atoms with Crippen molar-refractivity contribution in [2.75, 3.05) is 17.1 Å². The number of hydrogen-bond donors (Lipinski definition) is 1. The van der Waals surface area contributed by atoms with Crippen molar-refractivity contribution in [2.24, 2.45) is 0 Å². The maximum absolute atomic E-state index is 12.2. The molecule has 0 heterocycles. The molecule has 5 nitrogen and oxygen atoms in total. The Kier molecular flexibility index (Phi) is 7.27. The highest BCUT2D eigenvalue weighted by Crippen LogP contribution is 2.26. The van der Waals surface area contributed by atoms with Gasteiger partial charge in [-0.05, 0) is 43.5 Å². The van der Waals surface area contributed by atoms with E-state index in [1.165, 1.54) is 4.31 Å². The average Bonchev–Trinajstić information content (AvgIpc) is 2.61. The van der Waals surface area contributed by atoms with Gasteiger partial charge >= 0.3 is 0 Å². The Labute approximate surface area is 166 Å². The lowest BCUT2D eigenvalue weighted by molar-refractivity contribution is -0.121. The first-order valence-electron chi connectivity index (χ1n) is 8.76. The summed E-state index contributed by atoms with van der Waals surface area (Å²) in [6, 6.07) is 14.7. The second-order valence-electron chi connectivity index (χ2n) is 6.57. The highest BCUT2D eigenvalue weighted by molar-refractivity contribution is 7.92. The Bertz CT molecular complexity index is 885. The zero-order valence-corrected chi connectivity index (χ0v) is 17.3. The number of halogens is 1. The van der Waals surface area contributed by atoms with Gasteiger partial charge in [0.1, 0.15) is 0 Å². The van der Waals surface area contributed by atoms with Crippen molar-refractivity contribution in [3.8, 4) is 0 Å². The Hall–Kier alpha value is -2.05. The van der Waals surface area contributed by atoms with E-state index >= 15 is 0 Å². The van der Waals surface area contributed by atoms with Gasteiger partial charge in [-0.3, -0.25) is 9.10 Å². The van der Waals surface area contributed by atoms with Crippen LogP contribution in [0.5, 0.6) is 0 Å². The lowest BCUT2D eigenvalue weighted by atomic mass is 10.1. The molecule has 2 rings (SSSR count). The SMILES string of the molecule is Cc1ccc(Cl)cc1N(CCCC(=O)NC(C)c1ccccc1)S(C)(=O)=O. The fourth-order valence-electron chi connectivity index (χ4n) is 2.84. The third-order valence-corrected chi connectivity index (χ3v) is 5.70. The number of nitrogens with zero attached hydrogens (tertiary/aromatic N) is 1. The standard InChI is InChI=1S/C20H25ClN2O3S/c1-15-11-12-18(21)14-19(15)23(27(3,25)26)13-7-10-20(24)22-16(2)17-8-5-4-6-9-17/h4-6,8-9,11-12,14,16H,7,10,13H2,1-3H3,(H,22,24). The van der Waals surface area contributed by atoms with Crippen LogP contribution in [-0.2, 0) is 14.8 Å². The van der Waals surface area contributed by atoms with Gasteiger partial charge in [0.25, 0.3) is 0 Å². The molecule has 0 fully saturated rings. The Morgan fingerprint density at radius 2 is 1.85 bits per heavy atom. The van der Waals surface area contributed by atoms with Gasteiger partial charge in [-0.25, -0.2) is 8.42 Å². The van der Waals surface area contributed by atoms with Crippen LogP contribution in [0.2, 0.25) is 5.02 Å². The fourth-order valence-corrected chi connectivity index (χ4v) is 4.02. The molecule has 0 aliphatic heterocycles. The molecule has 146 valence electrons. The monoisotopic (exact) mass is 408 g/mol. The minimum atomic E-state index is -3.48. The molecule has 1 unspecified atom stereocenters. The highest BCUT2D eigenvalue weighted by Gasteiger charge is 2.20. The maximum atomic E-state index is 12.2. The van der Waals surface area contributed by atoms with E-state index in [1.807, 2.05) is 44.2 Å². The third-order valence-electron chi connectivity index (χ3n) is 4.28. The molecule has 0 saturated heterocycles. The molecule has 2 aromatic rings. The van der Waals surface area contributed by atoms with Gasteiger partial charge < -0.3 is 5.32 Å². The van der Waals surface area contributed by atoms with Crippen LogP contribution in [0.15, 0.2) is 48.5 Å². The zero-order valence-electron chi connectivity index (χ0n) is 15.8. The number of rotatable bonds is 8. The molecule has 1 N–H and O–H groups in total. The maximum Gasteiger partial charge on any atom is 0.232 e. The highest BCUT2D eigenvalue weighted by atomic mass is 35.5. The van der Waals surface area contributed by atoms with Gasteiger partial charge in [-0.2, -0.15) is 0 Å². The molecule has 7 heteroatoms. The van der Waals surface area contributed by atoms with E-state index < -0.39 is 10.0 Å². The number of nitrogens with one attached hydrogen (secondary N) is 1. The van der Waals surface area contributed by atoms with E-state index in [9.17, 15) is 13.2 Å². The van der Waals surface area contributed by atoms with Crippen LogP contribution in [0, 0.1) is 6.92 Å². The molecule has 0 aromatic heterocycles. The van der Waals surface area contributed by atoms with Crippen molar-refractivity contribution in [3.63, 3.8) is 0 Å². The van der Waals surface area contributed by atoms with Gasteiger partial charge in [-0.1, -0.05) is 48.0 Å². The van der Waals surface area contributed by atoms with Gasteiger partial charge in [0.2, 0.25) is 15.9 Å². The van der Waals surface area contributed by atoms with Crippen molar-refractivity contribution in [1.82, 2.24) is 5.32 Å². The molecule has 1 amide bonds. The minimum absolute atomic E-state index is 0.0973. The van der Waals surface area contributed by atoms with Crippen LogP contribution in [0.25, 0.3) is 0 Å². The number of hydrogen-bond acceptors (Lipinski definition) is 3. The number of amides is 1. The number of benzene rings is 2. The minimum Gasteiger partial charge on any atom is -0.350 e. The fraction of sp³-hybridized carbons (Fsp3) is 0.350. The van der Waals surface area contributed by atoms with Crippen molar-refractivity contribution < 1.29 is 13.2 Å². The predicted octanol–water partition coefficient (Wildman–Crippen LogP) is 4.07. The van der Waals surface area contributed by atoms with E-state index in [2.05, 4.69) is 5.32 Å².